The number of aryl methyl sites for hydroxylation is 2. The predicted molar refractivity (Wildman–Crippen MR) is 86.7 cm³/mol. The molecule has 4 heteroatoms. The number of nitrogens with zero attached hydrogens (tertiary/aromatic N) is 3. The lowest BCUT2D eigenvalue weighted by atomic mass is 10.2. The van der Waals surface area contributed by atoms with Gasteiger partial charge >= 0.3 is 0 Å². The van der Waals surface area contributed by atoms with Gasteiger partial charge in [-0.3, -0.25) is 4.57 Å². The molecule has 0 saturated carbocycles. The maximum Gasteiger partial charge on any atom is 0.138 e. The van der Waals surface area contributed by atoms with Gasteiger partial charge in [0, 0.05) is 37.1 Å². The van der Waals surface area contributed by atoms with Gasteiger partial charge in [0.1, 0.15) is 11.6 Å². The average Bonchev–Trinajstić information content (AvgIpc) is 2.93. The Bertz CT molecular complexity index is 572. The molecule has 0 aliphatic rings. The van der Waals surface area contributed by atoms with Crippen LogP contribution in [0.3, 0.4) is 0 Å². The number of imidazole rings is 1. The van der Waals surface area contributed by atoms with Crippen molar-refractivity contribution in [2.45, 2.75) is 59.5 Å². The maximum atomic E-state index is 4.76. The Kier molecular flexibility index (Phi) is 5.51. The van der Waals surface area contributed by atoms with Crippen LogP contribution in [0.1, 0.15) is 51.2 Å². The van der Waals surface area contributed by atoms with E-state index < -0.39 is 0 Å². The third kappa shape index (κ3) is 4.14. The van der Waals surface area contributed by atoms with Crippen LogP contribution in [0.4, 0.5) is 0 Å². The quantitative estimate of drug-likeness (QED) is 0.849. The second-order valence-electron chi connectivity index (χ2n) is 5.68. The Morgan fingerprint density at radius 3 is 2.71 bits per heavy atom. The standard InChI is InChI=1S/C17H26N4/c1-5-7-16-18-8-9-21(16)17-11-14(12-19-13(3)4)10-15(6-2)20-17/h8-11,13,19H,5-7,12H2,1-4H3. The van der Waals surface area contributed by atoms with Crippen molar-refractivity contribution < 1.29 is 0 Å². The summed E-state index contributed by atoms with van der Waals surface area (Å²) in [5, 5.41) is 3.47. The Balaban J connectivity index is 2.33. The first-order valence-electron chi connectivity index (χ1n) is 7.89. The van der Waals surface area contributed by atoms with Gasteiger partial charge in [-0.25, -0.2) is 9.97 Å². The molecule has 114 valence electrons. The molecule has 0 spiro atoms. The summed E-state index contributed by atoms with van der Waals surface area (Å²) in [4.78, 5) is 9.21. The first-order chi connectivity index (χ1) is 10.1. The van der Waals surface area contributed by atoms with Gasteiger partial charge in [0.05, 0.1) is 0 Å². The maximum absolute atomic E-state index is 4.76. The van der Waals surface area contributed by atoms with Crippen LogP contribution < -0.4 is 5.32 Å². The molecule has 2 heterocycles. The lowest BCUT2D eigenvalue weighted by Crippen LogP contribution is -2.22. The molecule has 2 aromatic rings. The monoisotopic (exact) mass is 286 g/mol. The van der Waals surface area contributed by atoms with E-state index in [9.17, 15) is 0 Å². The van der Waals surface area contributed by atoms with Gasteiger partial charge in [0.15, 0.2) is 0 Å². The van der Waals surface area contributed by atoms with Crippen LogP contribution in [-0.2, 0) is 19.4 Å². The Morgan fingerprint density at radius 1 is 1.24 bits per heavy atom. The zero-order chi connectivity index (χ0) is 15.2. The van der Waals surface area contributed by atoms with Gasteiger partial charge in [0.2, 0.25) is 0 Å². The normalized spacial score (nSPS) is 11.3. The average molecular weight is 286 g/mol. The molecule has 4 nitrogen and oxygen atoms in total. The van der Waals surface area contributed by atoms with Crippen LogP contribution in [0, 0.1) is 0 Å². The summed E-state index contributed by atoms with van der Waals surface area (Å²) < 4.78 is 2.11. The van der Waals surface area contributed by atoms with E-state index in [2.05, 4.69) is 54.7 Å². The van der Waals surface area contributed by atoms with Gasteiger partial charge in [-0.05, 0) is 30.5 Å². The highest BCUT2D eigenvalue weighted by molar-refractivity contribution is 5.32. The van der Waals surface area contributed by atoms with Crippen LogP contribution in [0.25, 0.3) is 5.82 Å². The molecule has 21 heavy (non-hydrogen) atoms. The molecular weight excluding hydrogens is 260 g/mol. The van der Waals surface area contributed by atoms with E-state index in [1.807, 2.05) is 12.4 Å². The summed E-state index contributed by atoms with van der Waals surface area (Å²) in [6.07, 6.45) is 6.88. The van der Waals surface area contributed by atoms with Crippen molar-refractivity contribution in [3.8, 4) is 5.82 Å². The fraction of sp³-hybridized carbons (Fsp3) is 0.529. The zero-order valence-electron chi connectivity index (χ0n) is 13.6. The highest BCUT2D eigenvalue weighted by atomic mass is 15.1. The van der Waals surface area contributed by atoms with E-state index in [4.69, 9.17) is 4.98 Å². The van der Waals surface area contributed by atoms with E-state index in [1.165, 1.54) is 5.56 Å². The van der Waals surface area contributed by atoms with Gasteiger partial charge in [-0.2, -0.15) is 0 Å². The Morgan fingerprint density at radius 2 is 2.05 bits per heavy atom. The minimum Gasteiger partial charge on any atom is -0.310 e. The molecule has 0 fully saturated rings. The van der Waals surface area contributed by atoms with Crippen LogP contribution in [0.5, 0.6) is 0 Å². The van der Waals surface area contributed by atoms with Crippen molar-refractivity contribution in [3.05, 3.63) is 41.6 Å². The summed E-state index contributed by atoms with van der Waals surface area (Å²) in [6, 6.07) is 4.83. The minimum atomic E-state index is 0.482. The first-order valence-corrected chi connectivity index (χ1v) is 7.89. The molecule has 0 amide bonds. The van der Waals surface area contributed by atoms with E-state index in [0.29, 0.717) is 6.04 Å². The van der Waals surface area contributed by atoms with E-state index in [1.54, 1.807) is 0 Å². The highest BCUT2D eigenvalue weighted by Gasteiger charge is 2.08. The number of hydrogen-bond acceptors (Lipinski definition) is 3. The van der Waals surface area contributed by atoms with Gasteiger partial charge in [-0.15, -0.1) is 0 Å². The summed E-state index contributed by atoms with van der Waals surface area (Å²) in [5.41, 5.74) is 2.41. The van der Waals surface area contributed by atoms with Crippen LogP contribution in [-0.4, -0.2) is 20.6 Å². The lowest BCUT2D eigenvalue weighted by Gasteiger charge is -2.13. The lowest BCUT2D eigenvalue weighted by molar-refractivity contribution is 0.587. The third-order valence-electron chi connectivity index (χ3n) is 3.44. The van der Waals surface area contributed by atoms with E-state index >= 15 is 0 Å². The molecular formula is C17H26N4. The summed E-state index contributed by atoms with van der Waals surface area (Å²) in [6.45, 7) is 9.52. The second kappa shape index (κ2) is 7.36. The van der Waals surface area contributed by atoms with E-state index in [0.717, 1.165) is 43.1 Å². The second-order valence-corrected chi connectivity index (χ2v) is 5.68. The Hall–Kier alpha value is -1.68. The van der Waals surface area contributed by atoms with Crippen molar-refractivity contribution in [3.63, 3.8) is 0 Å². The van der Waals surface area contributed by atoms with Crippen LogP contribution in [0.2, 0.25) is 0 Å². The van der Waals surface area contributed by atoms with Crippen molar-refractivity contribution in [2.24, 2.45) is 0 Å². The van der Waals surface area contributed by atoms with Crippen molar-refractivity contribution in [1.29, 1.82) is 0 Å². The molecule has 0 saturated heterocycles. The topological polar surface area (TPSA) is 42.7 Å². The molecule has 0 aliphatic heterocycles. The molecule has 0 aromatic carbocycles. The molecule has 2 aromatic heterocycles. The van der Waals surface area contributed by atoms with Crippen LogP contribution >= 0.6 is 0 Å². The predicted octanol–water partition coefficient (Wildman–Crippen LogP) is 3.28. The zero-order valence-corrected chi connectivity index (χ0v) is 13.6. The smallest absolute Gasteiger partial charge is 0.138 e. The molecule has 2 rings (SSSR count). The molecule has 0 unspecified atom stereocenters. The molecule has 1 N–H and O–H groups in total. The van der Waals surface area contributed by atoms with Gasteiger partial charge in [-0.1, -0.05) is 27.7 Å². The number of nitrogens with one attached hydrogen (secondary N) is 1. The van der Waals surface area contributed by atoms with E-state index in [-0.39, 0.29) is 0 Å². The summed E-state index contributed by atoms with van der Waals surface area (Å²) in [5.74, 6) is 2.07. The SMILES string of the molecule is CCCc1nccn1-c1cc(CNC(C)C)cc(CC)n1. The fourth-order valence-corrected chi connectivity index (χ4v) is 2.31. The first kappa shape index (κ1) is 15.7. The van der Waals surface area contributed by atoms with Crippen molar-refractivity contribution >= 4 is 0 Å². The van der Waals surface area contributed by atoms with Crippen LogP contribution in [0.15, 0.2) is 24.5 Å². The highest BCUT2D eigenvalue weighted by Crippen LogP contribution is 2.14. The number of aromatic nitrogens is 3. The molecule has 0 aliphatic carbocycles. The van der Waals surface area contributed by atoms with Crippen molar-refractivity contribution in [1.82, 2.24) is 19.9 Å². The fourth-order valence-electron chi connectivity index (χ4n) is 2.31. The third-order valence-corrected chi connectivity index (χ3v) is 3.44. The number of hydrogen-bond donors (Lipinski definition) is 1. The summed E-state index contributed by atoms with van der Waals surface area (Å²) >= 11 is 0. The van der Waals surface area contributed by atoms with Gasteiger partial charge in [0.25, 0.3) is 0 Å². The molecule has 0 atom stereocenters. The molecule has 0 radical (unpaired) electrons. The van der Waals surface area contributed by atoms with Crippen molar-refractivity contribution in [2.75, 3.05) is 0 Å². The molecule has 0 bridgehead atoms. The largest absolute Gasteiger partial charge is 0.310 e. The minimum absolute atomic E-state index is 0.482. The number of pyridine rings is 1. The number of rotatable bonds is 7. The summed E-state index contributed by atoms with van der Waals surface area (Å²) in [7, 11) is 0. The Labute approximate surface area is 127 Å². The van der Waals surface area contributed by atoms with Gasteiger partial charge < -0.3 is 5.32 Å².